The molecule has 0 bridgehead atoms. The summed E-state index contributed by atoms with van der Waals surface area (Å²) in [5, 5.41) is 14.7. The highest BCUT2D eigenvalue weighted by molar-refractivity contribution is 9.10. The maximum Gasteiger partial charge on any atom is 0.259 e. The second-order valence-corrected chi connectivity index (χ2v) is 7.29. The lowest BCUT2D eigenvalue weighted by Gasteiger charge is -2.10. The number of benzene rings is 2. The van der Waals surface area contributed by atoms with Crippen molar-refractivity contribution in [1.82, 2.24) is 10.2 Å². The van der Waals surface area contributed by atoms with Crippen LogP contribution in [0.4, 0.5) is 10.8 Å². The number of halogens is 1. The number of hydrogen-bond donors (Lipinski definition) is 2. The van der Waals surface area contributed by atoms with E-state index in [1.54, 1.807) is 48.5 Å². The first-order valence-corrected chi connectivity index (χ1v) is 9.47. The van der Waals surface area contributed by atoms with E-state index < -0.39 is 0 Å². The predicted molar refractivity (Wildman–Crippen MR) is 106 cm³/mol. The van der Waals surface area contributed by atoms with E-state index in [1.165, 1.54) is 11.3 Å². The van der Waals surface area contributed by atoms with Crippen molar-refractivity contribution >= 4 is 49.9 Å². The van der Waals surface area contributed by atoms with Crippen molar-refractivity contribution in [2.75, 3.05) is 10.6 Å². The van der Waals surface area contributed by atoms with E-state index in [2.05, 4.69) is 36.8 Å². The number of amides is 2. The fraction of sp³-hybridized carbons (Fsp3) is 0.111. The average Bonchev–Trinajstić information content (AvgIpc) is 3.10. The van der Waals surface area contributed by atoms with Gasteiger partial charge in [0, 0.05) is 10.0 Å². The topological polar surface area (TPSA) is 84.0 Å². The van der Waals surface area contributed by atoms with Crippen molar-refractivity contribution < 1.29 is 9.59 Å². The van der Waals surface area contributed by atoms with Gasteiger partial charge in [-0.3, -0.25) is 14.9 Å². The molecule has 6 nitrogen and oxygen atoms in total. The van der Waals surface area contributed by atoms with Gasteiger partial charge in [-0.1, -0.05) is 46.3 Å². The Hall–Kier alpha value is -2.58. The van der Waals surface area contributed by atoms with Crippen molar-refractivity contribution in [3.8, 4) is 0 Å². The van der Waals surface area contributed by atoms with Crippen LogP contribution >= 0.6 is 27.3 Å². The van der Waals surface area contributed by atoms with E-state index in [1.807, 2.05) is 6.92 Å². The minimum absolute atomic E-state index is 0.290. The van der Waals surface area contributed by atoms with Crippen molar-refractivity contribution in [2.24, 2.45) is 0 Å². The molecule has 2 aromatic carbocycles. The largest absolute Gasteiger partial charge is 0.321 e. The van der Waals surface area contributed by atoms with Crippen molar-refractivity contribution in [3.63, 3.8) is 0 Å². The number of nitrogens with zero attached hydrogens (tertiary/aromatic N) is 2. The molecular weight excluding hydrogens is 416 g/mol. The molecule has 8 heteroatoms. The zero-order valence-corrected chi connectivity index (χ0v) is 16.2. The fourth-order valence-corrected chi connectivity index (χ4v) is 3.14. The van der Waals surface area contributed by atoms with Crippen LogP contribution in [0.15, 0.2) is 53.0 Å². The van der Waals surface area contributed by atoms with E-state index in [0.717, 1.165) is 15.9 Å². The first kappa shape index (κ1) is 18.2. The summed E-state index contributed by atoms with van der Waals surface area (Å²) in [5.41, 5.74) is 1.28. The number of carbonyl (C=O) groups excluding carboxylic acids is 2. The number of aryl methyl sites for hydroxylation is 1. The molecule has 0 spiro atoms. The highest BCUT2D eigenvalue weighted by Crippen LogP contribution is 2.21. The molecule has 1 aromatic heterocycles. The fourth-order valence-electron chi connectivity index (χ4n) is 2.20. The molecule has 0 aliphatic carbocycles. The van der Waals surface area contributed by atoms with Crippen LogP contribution in [0.2, 0.25) is 0 Å². The number of anilines is 2. The number of para-hydroxylation sites is 1. The molecule has 0 fully saturated rings. The van der Waals surface area contributed by atoms with Gasteiger partial charge in [-0.25, -0.2) is 0 Å². The summed E-state index contributed by atoms with van der Waals surface area (Å²) in [4.78, 5) is 25.0. The second-order valence-electron chi connectivity index (χ2n) is 5.32. The quantitative estimate of drug-likeness (QED) is 0.629. The summed E-state index contributed by atoms with van der Waals surface area (Å²) in [6, 6.07) is 13.8. The molecule has 132 valence electrons. The summed E-state index contributed by atoms with van der Waals surface area (Å²) in [6.07, 6.45) is 0.757. The molecule has 0 aliphatic rings. The maximum absolute atomic E-state index is 12.6. The molecule has 0 unspecified atom stereocenters. The Balaban J connectivity index is 1.77. The minimum atomic E-state index is -0.351. The lowest BCUT2D eigenvalue weighted by molar-refractivity contribution is 0.102. The summed E-state index contributed by atoms with van der Waals surface area (Å²) in [7, 11) is 0. The molecule has 0 aliphatic heterocycles. The van der Waals surface area contributed by atoms with Gasteiger partial charge in [0.05, 0.1) is 11.3 Å². The summed E-state index contributed by atoms with van der Waals surface area (Å²) >= 11 is 4.66. The standard InChI is InChI=1S/C18H15BrN4O2S/c1-2-15-22-23-18(26-15)21-17(25)13-5-3-4-6-14(13)20-16(24)11-7-9-12(19)10-8-11/h3-10H,2H2,1H3,(H,20,24)(H,21,23,25). The molecule has 2 N–H and O–H groups in total. The van der Waals surface area contributed by atoms with Crippen molar-refractivity contribution in [1.29, 1.82) is 0 Å². The SMILES string of the molecule is CCc1nnc(NC(=O)c2ccccc2NC(=O)c2ccc(Br)cc2)s1. The number of rotatable bonds is 5. The normalized spacial score (nSPS) is 10.4. The highest BCUT2D eigenvalue weighted by Gasteiger charge is 2.15. The van der Waals surface area contributed by atoms with Gasteiger partial charge in [0.1, 0.15) is 5.01 Å². The maximum atomic E-state index is 12.6. The van der Waals surface area contributed by atoms with Crippen LogP contribution in [-0.4, -0.2) is 22.0 Å². The third-order valence-corrected chi connectivity index (χ3v) is 5.03. The minimum Gasteiger partial charge on any atom is -0.321 e. The van der Waals surface area contributed by atoms with Crippen LogP contribution in [0.1, 0.15) is 32.6 Å². The van der Waals surface area contributed by atoms with Gasteiger partial charge >= 0.3 is 0 Å². The van der Waals surface area contributed by atoms with Gasteiger partial charge in [-0.15, -0.1) is 10.2 Å². The number of nitrogens with one attached hydrogen (secondary N) is 2. The zero-order chi connectivity index (χ0) is 18.5. The van der Waals surface area contributed by atoms with Crippen LogP contribution in [-0.2, 0) is 6.42 Å². The van der Waals surface area contributed by atoms with E-state index in [9.17, 15) is 9.59 Å². The van der Waals surface area contributed by atoms with E-state index >= 15 is 0 Å². The predicted octanol–water partition coefficient (Wildman–Crippen LogP) is 4.37. The number of hydrogen-bond acceptors (Lipinski definition) is 5. The van der Waals surface area contributed by atoms with Crippen LogP contribution in [0.3, 0.4) is 0 Å². The Kier molecular flexibility index (Phi) is 5.75. The molecule has 0 saturated heterocycles. The van der Waals surface area contributed by atoms with E-state index in [0.29, 0.717) is 21.9 Å². The van der Waals surface area contributed by atoms with Crippen molar-refractivity contribution in [2.45, 2.75) is 13.3 Å². The lowest BCUT2D eigenvalue weighted by atomic mass is 10.1. The Morgan fingerprint density at radius 3 is 2.42 bits per heavy atom. The van der Waals surface area contributed by atoms with Crippen LogP contribution in [0, 0.1) is 0 Å². The third-order valence-electron chi connectivity index (χ3n) is 3.52. The zero-order valence-electron chi connectivity index (χ0n) is 13.8. The Morgan fingerprint density at radius 2 is 1.73 bits per heavy atom. The van der Waals surface area contributed by atoms with Crippen LogP contribution in [0.25, 0.3) is 0 Å². The summed E-state index contributed by atoms with van der Waals surface area (Å²) in [6.45, 7) is 1.97. The summed E-state index contributed by atoms with van der Waals surface area (Å²) < 4.78 is 0.886. The van der Waals surface area contributed by atoms with Crippen LogP contribution in [0.5, 0.6) is 0 Å². The molecular formula is C18H15BrN4O2S. The third kappa shape index (κ3) is 4.33. The molecule has 26 heavy (non-hydrogen) atoms. The molecule has 2 amide bonds. The average molecular weight is 431 g/mol. The first-order chi connectivity index (χ1) is 12.6. The monoisotopic (exact) mass is 430 g/mol. The molecule has 0 atom stereocenters. The highest BCUT2D eigenvalue weighted by atomic mass is 79.9. The molecule has 0 radical (unpaired) electrons. The van der Waals surface area contributed by atoms with Gasteiger partial charge < -0.3 is 5.32 Å². The Bertz CT molecular complexity index is 940. The van der Waals surface area contributed by atoms with Gasteiger partial charge in [0.25, 0.3) is 11.8 Å². The molecule has 1 heterocycles. The molecule has 3 aromatic rings. The number of aromatic nitrogens is 2. The smallest absolute Gasteiger partial charge is 0.259 e. The first-order valence-electron chi connectivity index (χ1n) is 7.86. The van der Waals surface area contributed by atoms with Gasteiger partial charge in [0.15, 0.2) is 0 Å². The van der Waals surface area contributed by atoms with Gasteiger partial charge in [0.2, 0.25) is 5.13 Å². The molecule has 0 saturated carbocycles. The Labute approximate surface area is 162 Å². The molecule has 3 rings (SSSR count). The van der Waals surface area contributed by atoms with Gasteiger partial charge in [-0.05, 0) is 42.8 Å². The van der Waals surface area contributed by atoms with Gasteiger partial charge in [-0.2, -0.15) is 0 Å². The Morgan fingerprint density at radius 1 is 1.00 bits per heavy atom. The van der Waals surface area contributed by atoms with E-state index in [4.69, 9.17) is 0 Å². The number of carbonyl (C=O) groups is 2. The van der Waals surface area contributed by atoms with E-state index in [-0.39, 0.29) is 11.8 Å². The second kappa shape index (κ2) is 8.20. The van der Waals surface area contributed by atoms with Crippen molar-refractivity contribution in [3.05, 3.63) is 69.1 Å². The lowest BCUT2D eigenvalue weighted by Crippen LogP contribution is -2.18. The van der Waals surface area contributed by atoms with Crippen LogP contribution < -0.4 is 10.6 Å². The summed E-state index contributed by atoms with van der Waals surface area (Å²) in [5.74, 6) is -0.641.